The monoisotopic (exact) mass is 940 g/mol. The van der Waals surface area contributed by atoms with Crippen molar-refractivity contribution in [2.45, 2.75) is 112 Å². The molecule has 0 spiro atoms. The molecular formula is C50H61ClN6O8S. The summed E-state index contributed by atoms with van der Waals surface area (Å²) in [5.41, 5.74) is 4.09. The van der Waals surface area contributed by atoms with E-state index in [1.165, 1.54) is 4.90 Å². The zero-order valence-electron chi connectivity index (χ0n) is 38.9. The lowest BCUT2D eigenvalue weighted by Crippen LogP contribution is -2.74. The third-order valence-corrected chi connectivity index (χ3v) is 13.7. The van der Waals surface area contributed by atoms with Gasteiger partial charge in [-0.05, 0) is 72.7 Å². The first-order valence-electron chi connectivity index (χ1n) is 22.2. The highest BCUT2D eigenvalue weighted by molar-refractivity contribution is 7.13. The summed E-state index contributed by atoms with van der Waals surface area (Å²) >= 11 is 7.80. The fourth-order valence-electron chi connectivity index (χ4n) is 9.16. The van der Waals surface area contributed by atoms with Gasteiger partial charge in [0.05, 0.1) is 39.4 Å². The maximum absolute atomic E-state index is 14.0. The van der Waals surface area contributed by atoms with Gasteiger partial charge in [0.1, 0.15) is 42.4 Å². The Hall–Kier alpha value is -5.53. The smallest absolute Gasteiger partial charge is 0.251 e. The van der Waals surface area contributed by atoms with E-state index in [2.05, 4.69) is 54.7 Å². The maximum Gasteiger partial charge on any atom is 0.251 e. The summed E-state index contributed by atoms with van der Waals surface area (Å²) in [6.07, 6.45) is 0.262. The highest BCUT2D eigenvalue weighted by atomic mass is 35.5. The van der Waals surface area contributed by atoms with E-state index < -0.39 is 46.2 Å². The number of rotatable bonds is 18. The summed E-state index contributed by atoms with van der Waals surface area (Å²) in [5.74, 6) is -0.306. The Balaban J connectivity index is 0.896. The molecule has 1 aliphatic carbocycles. The summed E-state index contributed by atoms with van der Waals surface area (Å²) in [4.78, 5) is 60.6. The number of benzene rings is 3. The lowest BCUT2D eigenvalue weighted by atomic mass is 9.49. The number of aliphatic hydroxyl groups excluding tert-OH is 1. The molecule has 4 aromatic rings. The minimum Gasteiger partial charge on any atom is -0.494 e. The van der Waals surface area contributed by atoms with Crippen molar-refractivity contribution >= 4 is 46.6 Å². The molecule has 352 valence electrons. The molecule has 66 heavy (non-hydrogen) atoms. The van der Waals surface area contributed by atoms with E-state index in [0.717, 1.165) is 21.7 Å². The number of aliphatic hydroxyl groups is 1. The molecule has 14 nitrogen and oxygen atoms in total. The Morgan fingerprint density at radius 2 is 1.65 bits per heavy atom. The Bertz CT molecular complexity index is 2390. The number of thiazole rings is 1. The van der Waals surface area contributed by atoms with Crippen LogP contribution in [-0.4, -0.2) is 95.3 Å². The highest BCUT2D eigenvalue weighted by Gasteiger charge is 2.64. The van der Waals surface area contributed by atoms with Crippen molar-refractivity contribution in [1.82, 2.24) is 25.8 Å². The van der Waals surface area contributed by atoms with E-state index >= 15 is 0 Å². The maximum atomic E-state index is 14.0. The van der Waals surface area contributed by atoms with Crippen LogP contribution in [0.5, 0.6) is 11.5 Å². The first-order chi connectivity index (χ1) is 31.2. The summed E-state index contributed by atoms with van der Waals surface area (Å²) in [6, 6.07) is 19.8. The molecule has 0 unspecified atom stereocenters. The molecule has 2 fully saturated rings. The summed E-state index contributed by atoms with van der Waals surface area (Å²) in [7, 11) is 0. The second kappa shape index (κ2) is 21.0. The van der Waals surface area contributed by atoms with Crippen molar-refractivity contribution < 1.29 is 38.5 Å². The standard InChI is InChI=1S/C50H61ClN6O8S/c1-30-41(66-29-54-30)32-13-11-31(12-14-32)26-53-44(61)39-23-35(58)27-57(39)45(62)42(48(2,3)4)55-40(59)28-63-21-9-10-22-64-36-18-15-33(16-19-36)43(60)56-46-49(5,6)47(50(46,7)8)65-37-20-17-34(25-52)38(51)24-37/h11-20,24,29,35,39,42,46-47,58H,9-10,21-23,26-28H2,1-8H3,(H,53,61)(H,55,59)(H,56,60)/t35-,39-,42+,46?,47?/m0/s1. The molecule has 1 aliphatic heterocycles. The predicted octanol–water partition coefficient (Wildman–Crippen LogP) is 7.24. The number of likely N-dealkylation sites (tertiary alicyclic amines) is 1. The van der Waals surface area contributed by atoms with E-state index in [9.17, 15) is 29.5 Å². The van der Waals surface area contributed by atoms with E-state index in [4.69, 9.17) is 25.8 Å². The Morgan fingerprint density at radius 1 is 0.985 bits per heavy atom. The molecule has 16 heteroatoms. The van der Waals surface area contributed by atoms with Crippen LogP contribution in [0.2, 0.25) is 5.02 Å². The number of β-amino-alcohol motifs (C(OH)–C–C–N with tert-alkyl or cyclic N) is 1. The van der Waals surface area contributed by atoms with Crippen molar-refractivity contribution in [1.29, 1.82) is 5.26 Å². The van der Waals surface area contributed by atoms with Crippen LogP contribution >= 0.6 is 22.9 Å². The number of aryl methyl sites for hydroxylation is 1. The van der Waals surface area contributed by atoms with Gasteiger partial charge in [0.2, 0.25) is 17.7 Å². The van der Waals surface area contributed by atoms with Crippen molar-refractivity contribution in [3.8, 4) is 28.0 Å². The van der Waals surface area contributed by atoms with Gasteiger partial charge in [-0.1, -0.05) is 84.3 Å². The molecule has 6 rings (SSSR count). The van der Waals surface area contributed by atoms with Gasteiger partial charge in [0.15, 0.2) is 0 Å². The molecule has 3 atom stereocenters. The lowest BCUT2D eigenvalue weighted by Gasteiger charge is -2.63. The quantitative estimate of drug-likeness (QED) is 0.0740. The minimum absolute atomic E-state index is 0.0190. The van der Waals surface area contributed by atoms with Crippen LogP contribution in [0.3, 0.4) is 0 Å². The number of carbonyl (C=O) groups is 4. The van der Waals surface area contributed by atoms with E-state index in [-0.39, 0.29) is 50.1 Å². The van der Waals surface area contributed by atoms with Crippen LogP contribution in [-0.2, 0) is 25.7 Å². The largest absolute Gasteiger partial charge is 0.494 e. The zero-order valence-corrected chi connectivity index (χ0v) is 40.5. The van der Waals surface area contributed by atoms with Crippen molar-refractivity contribution in [2.24, 2.45) is 16.2 Å². The summed E-state index contributed by atoms with van der Waals surface area (Å²) < 4.78 is 17.9. The number of nitriles is 1. The molecule has 4 N–H and O–H groups in total. The van der Waals surface area contributed by atoms with Gasteiger partial charge in [-0.15, -0.1) is 11.3 Å². The van der Waals surface area contributed by atoms with Crippen LogP contribution in [0, 0.1) is 34.5 Å². The second-order valence-corrected chi connectivity index (χ2v) is 20.6. The van der Waals surface area contributed by atoms with E-state index in [0.29, 0.717) is 53.7 Å². The van der Waals surface area contributed by atoms with Gasteiger partial charge in [-0.2, -0.15) is 5.26 Å². The molecule has 2 heterocycles. The summed E-state index contributed by atoms with van der Waals surface area (Å²) in [5, 5.41) is 29.0. The zero-order chi connectivity index (χ0) is 48.0. The number of ether oxygens (including phenoxy) is 3. The average molecular weight is 942 g/mol. The van der Waals surface area contributed by atoms with Crippen LogP contribution < -0.4 is 25.4 Å². The molecule has 4 amide bonds. The van der Waals surface area contributed by atoms with Crippen LogP contribution in [0.15, 0.2) is 72.2 Å². The number of amides is 4. The number of aromatic nitrogens is 1. The Morgan fingerprint density at radius 3 is 2.27 bits per heavy atom. The third-order valence-electron chi connectivity index (χ3n) is 12.4. The number of hydrogen-bond acceptors (Lipinski definition) is 11. The van der Waals surface area contributed by atoms with Gasteiger partial charge in [-0.25, -0.2) is 4.98 Å². The van der Waals surface area contributed by atoms with Crippen LogP contribution in [0.1, 0.15) is 94.9 Å². The van der Waals surface area contributed by atoms with E-state index in [1.54, 1.807) is 53.8 Å². The lowest BCUT2D eigenvalue weighted by molar-refractivity contribution is -0.164. The number of unbranched alkanes of at least 4 members (excludes halogenated alkanes) is 1. The molecule has 1 saturated carbocycles. The molecule has 1 aromatic heterocycles. The van der Waals surface area contributed by atoms with Crippen LogP contribution in [0.4, 0.5) is 0 Å². The minimum atomic E-state index is -0.965. The molecular weight excluding hydrogens is 880 g/mol. The number of hydrogen-bond donors (Lipinski definition) is 4. The van der Waals surface area contributed by atoms with Crippen molar-refractivity contribution in [2.75, 3.05) is 26.4 Å². The third kappa shape index (κ3) is 11.7. The van der Waals surface area contributed by atoms with Crippen LogP contribution in [0.25, 0.3) is 10.4 Å². The first-order valence-corrected chi connectivity index (χ1v) is 23.5. The first kappa shape index (κ1) is 49.9. The van der Waals surface area contributed by atoms with Crippen molar-refractivity contribution in [3.05, 3.63) is 99.6 Å². The van der Waals surface area contributed by atoms with E-state index in [1.807, 2.05) is 57.5 Å². The number of carbonyl (C=O) groups excluding carboxylic acids is 4. The Labute approximate surface area is 396 Å². The molecule has 0 radical (unpaired) electrons. The number of nitrogens with zero attached hydrogens (tertiary/aromatic N) is 3. The average Bonchev–Trinajstić information content (AvgIpc) is 3.89. The fraction of sp³-hybridized carbons (Fsp3) is 0.480. The summed E-state index contributed by atoms with van der Waals surface area (Å²) in [6.45, 7) is 16.3. The predicted molar refractivity (Wildman–Crippen MR) is 253 cm³/mol. The van der Waals surface area contributed by atoms with Gasteiger partial charge in [-0.3, -0.25) is 19.2 Å². The van der Waals surface area contributed by atoms with Gasteiger partial charge in [0.25, 0.3) is 5.91 Å². The number of nitrogens with one attached hydrogen (secondary N) is 3. The number of halogens is 1. The molecule has 3 aromatic carbocycles. The Kier molecular flexibility index (Phi) is 15.9. The topological polar surface area (TPSA) is 192 Å². The molecule has 2 aliphatic rings. The normalized spacial score (nSPS) is 20.0. The van der Waals surface area contributed by atoms with Gasteiger partial charge >= 0.3 is 0 Å². The molecule has 0 bridgehead atoms. The highest BCUT2D eigenvalue weighted by Crippen LogP contribution is 2.55. The molecule has 1 saturated heterocycles. The second-order valence-electron chi connectivity index (χ2n) is 19.4. The fourth-order valence-corrected chi connectivity index (χ4v) is 10.2. The van der Waals surface area contributed by atoms with Gasteiger partial charge < -0.3 is 40.2 Å². The SMILES string of the molecule is Cc1ncsc1-c1ccc(CNC(=O)[C@@H]2C[C@H](O)CN2C(=O)[C@@H](NC(=O)COCCCCOc2ccc(C(=O)NC3C(C)(C)C(Oc4ccc(C#N)c(Cl)c4)C3(C)C)cc2)C(C)(C)C)cc1. The van der Waals surface area contributed by atoms with Crippen molar-refractivity contribution in [3.63, 3.8) is 0 Å². The van der Waals surface area contributed by atoms with Gasteiger partial charge in [0, 0.05) is 54.6 Å².